The molecule has 0 aromatic heterocycles. The molecule has 0 aromatic carbocycles. The minimum atomic E-state index is -0.295. The van der Waals surface area contributed by atoms with Gasteiger partial charge in [-0.25, -0.2) is 9.78 Å². The summed E-state index contributed by atoms with van der Waals surface area (Å²) in [6.07, 6.45) is 7.23. The summed E-state index contributed by atoms with van der Waals surface area (Å²) in [5.74, 6) is 0.0162. The highest BCUT2D eigenvalue weighted by Gasteiger charge is 2.40. The highest BCUT2D eigenvalue weighted by Crippen LogP contribution is 2.47. The molecule has 1 aliphatic heterocycles. The Hall–Kier alpha value is -0.870. The average molecular weight is 338 g/mol. The van der Waals surface area contributed by atoms with Gasteiger partial charge in [0.15, 0.2) is 0 Å². The molecule has 4 atom stereocenters. The van der Waals surface area contributed by atoms with Gasteiger partial charge in [-0.15, -0.1) is 0 Å². The molecule has 0 spiro atoms. The Bertz CT molecular complexity index is 460. The van der Waals surface area contributed by atoms with Gasteiger partial charge in [0.05, 0.1) is 13.0 Å². The molecule has 0 aromatic rings. The molecule has 1 aliphatic carbocycles. The number of allylic oxidation sites excluding steroid dienone is 1. The van der Waals surface area contributed by atoms with Gasteiger partial charge in [-0.05, 0) is 70.1 Å². The monoisotopic (exact) mass is 338 g/mol. The Morgan fingerprint density at radius 3 is 2.62 bits per heavy atom. The summed E-state index contributed by atoms with van der Waals surface area (Å²) in [6.45, 7) is 13.0. The van der Waals surface area contributed by atoms with Crippen LogP contribution in [0.1, 0.15) is 72.6 Å². The molecule has 4 nitrogen and oxygen atoms in total. The minimum absolute atomic E-state index is 0.216. The van der Waals surface area contributed by atoms with Crippen molar-refractivity contribution in [2.24, 2.45) is 17.3 Å². The summed E-state index contributed by atoms with van der Waals surface area (Å²) in [5.41, 5.74) is 1.44. The first-order valence-corrected chi connectivity index (χ1v) is 9.28. The molecular weight excluding hydrogens is 304 g/mol. The van der Waals surface area contributed by atoms with Crippen LogP contribution in [-0.4, -0.2) is 24.8 Å². The van der Waals surface area contributed by atoms with Crippen molar-refractivity contribution in [2.45, 2.75) is 84.3 Å². The molecule has 0 N–H and O–H groups in total. The molecule has 2 fully saturated rings. The van der Waals surface area contributed by atoms with Gasteiger partial charge in [0, 0.05) is 0 Å². The fourth-order valence-electron chi connectivity index (χ4n) is 4.27. The molecule has 1 heterocycles. The zero-order valence-corrected chi connectivity index (χ0v) is 16.0. The standard InChI is InChI=1S/C20H34O4/c1-14-8-7-11-19(3,4)16(14)9-12-20(5)13-10-17(23-24-20)15(2)18(21)22-6/h15-17H,1,7-13H2,2-6H3/t15-,16?,17-,20-/m1/s1. The van der Waals surface area contributed by atoms with E-state index in [0.717, 1.165) is 32.1 Å². The van der Waals surface area contributed by atoms with Crippen LogP contribution in [0.5, 0.6) is 0 Å². The predicted octanol–water partition coefficient (Wildman–Crippen LogP) is 4.83. The fourth-order valence-corrected chi connectivity index (χ4v) is 4.27. The predicted molar refractivity (Wildman–Crippen MR) is 94.3 cm³/mol. The van der Waals surface area contributed by atoms with Gasteiger partial charge in [0.2, 0.25) is 0 Å². The van der Waals surface area contributed by atoms with Crippen molar-refractivity contribution in [1.29, 1.82) is 0 Å². The maximum Gasteiger partial charge on any atom is 0.311 e. The summed E-state index contributed by atoms with van der Waals surface area (Å²) in [5, 5.41) is 0. The lowest BCUT2D eigenvalue weighted by Crippen LogP contribution is -2.42. The van der Waals surface area contributed by atoms with E-state index in [1.165, 1.54) is 25.5 Å². The normalized spacial score (nSPS) is 34.6. The van der Waals surface area contributed by atoms with Crippen LogP contribution in [0.2, 0.25) is 0 Å². The quantitative estimate of drug-likeness (QED) is 0.409. The van der Waals surface area contributed by atoms with Crippen LogP contribution in [0.3, 0.4) is 0 Å². The van der Waals surface area contributed by atoms with E-state index in [1.54, 1.807) is 0 Å². The van der Waals surface area contributed by atoms with Gasteiger partial charge in [0.1, 0.15) is 11.7 Å². The number of methoxy groups -OCH3 is 1. The van der Waals surface area contributed by atoms with Gasteiger partial charge < -0.3 is 4.74 Å². The molecule has 2 aliphatic rings. The van der Waals surface area contributed by atoms with Crippen molar-refractivity contribution in [3.63, 3.8) is 0 Å². The number of esters is 1. The Labute approximate surface area is 146 Å². The number of rotatable bonds is 5. The number of hydrogen-bond donors (Lipinski definition) is 0. The first-order valence-electron chi connectivity index (χ1n) is 9.28. The van der Waals surface area contributed by atoms with Crippen molar-refractivity contribution in [1.82, 2.24) is 0 Å². The molecule has 4 heteroatoms. The highest BCUT2D eigenvalue weighted by atomic mass is 17.2. The summed E-state index contributed by atoms with van der Waals surface area (Å²) in [4.78, 5) is 23.0. The SMILES string of the molecule is C=C1CCCC(C)(C)C1CC[C@]1(C)CC[C@H]([C@@H](C)C(=O)OC)OO1. The third kappa shape index (κ3) is 4.40. The van der Waals surface area contributed by atoms with Crippen LogP contribution in [0.25, 0.3) is 0 Å². The Balaban J connectivity index is 1.87. The lowest BCUT2D eigenvalue weighted by atomic mass is 9.64. The lowest BCUT2D eigenvalue weighted by molar-refractivity contribution is -0.411. The van der Waals surface area contributed by atoms with E-state index in [1.807, 2.05) is 6.92 Å². The first-order chi connectivity index (χ1) is 11.2. The molecule has 2 rings (SSSR count). The Morgan fingerprint density at radius 1 is 1.38 bits per heavy atom. The number of hydrogen-bond acceptors (Lipinski definition) is 4. The van der Waals surface area contributed by atoms with Gasteiger partial charge in [-0.2, -0.15) is 0 Å². The molecular formula is C20H34O4. The second kappa shape index (κ2) is 7.57. The molecule has 0 amide bonds. The summed E-state index contributed by atoms with van der Waals surface area (Å²) < 4.78 is 4.79. The van der Waals surface area contributed by atoms with Crippen molar-refractivity contribution in [2.75, 3.05) is 7.11 Å². The van der Waals surface area contributed by atoms with Gasteiger partial charge in [-0.3, -0.25) is 4.79 Å². The van der Waals surface area contributed by atoms with E-state index < -0.39 is 0 Å². The molecule has 1 saturated carbocycles. The third-order valence-corrected chi connectivity index (χ3v) is 6.18. The van der Waals surface area contributed by atoms with E-state index in [4.69, 9.17) is 14.5 Å². The van der Waals surface area contributed by atoms with Gasteiger partial charge in [0.25, 0.3) is 0 Å². The number of ether oxygens (including phenoxy) is 1. The summed E-state index contributed by atoms with van der Waals surface area (Å²) in [7, 11) is 1.41. The van der Waals surface area contributed by atoms with Crippen LogP contribution in [0.15, 0.2) is 12.2 Å². The van der Waals surface area contributed by atoms with Gasteiger partial charge >= 0.3 is 5.97 Å². The third-order valence-electron chi connectivity index (χ3n) is 6.18. The van der Waals surface area contributed by atoms with Crippen molar-refractivity contribution in [3.05, 3.63) is 12.2 Å². The summed E-state index contributed by atoms with van der Waals surface area (Å²) >= 11 is 0. The fraction of sp³-hybridized carbons (Fsp3) is 0.850. The minimum Gasteiger partial charge on any atom is -0.469 e. The first kappa shape index (κ1) is 19.5. The second-order valence-corrected chi connectivity index (χ2v) is 8.61. The smallest absolute Gasteiger partial charge is 0.311 e. The largest absolute Gasteiger partial charge is 0.469 e. The van der Waals surface area contributed by atoms with Crippen molar-refractivity contribution < 1.29 is 19.3 Å². The summed E-state index contributed by atoms with van der Waals surface area (Å²) in [6, 6.07) is 0. The molecule has 0 bridgehead atoms. The zero-order valence-electron chi connectivity index (χ0n) is 16.0. The van der Waals surface area contributed by atoms with E-state index in [-0.39, 0.29) is 23.6 Å². The Kier molecular flexibility index (Phi) is 6.14. The zero-order chi connectivity index (χ0) is 18.0. The number of carbonyl (C=O) groups is 1. The number of carbonyl (C=O) groups excluding carboxylic acids is 1. The van der Waals surface area contributed by atoms with Crippen LogP contribution in [-0.2, 0) is 19.3 Å². The highest BCUT2D eigenvalue weighted by molar-refractivity contribution is 5.72. The van der Waals surface area contributed by atoms with E-state index >= 15 is 0 Å². The van der Waals surface area contributed by atoms with E-state index in [0.29, 0.717) is 11.3 Å². The molecule has 1 unspecified atom stereocenters. The Morgan fingerprint density at radius 2 is 2.08 bits per heavy atom. The van der Waals surface area contributed by atoms with Crippen LogP contribution in [0.4, 0.5) is 0 Å². The second-order valence-electron chi connectivity index (χ2n) is 8.61. The molecule has 138 valence electrons. The van der Waals surface area contributed by atoms with Crippen LogP contribution in [0, 0.1) is 17.3 Å². The van der Waals surface area contributed by atoms with Gasteiger partial charge in [-0.1, -0.05) is 26.0 Å². The molecule has 0 radical (unpaired) electrons. The average Bonchev–Trinajstić information content (AvgIpc) is 2.53. The van der Waals surface area contributed by atoms with Crippen molar-refractivity contribution >= 4 is 5.97 Å². The van der Waals surface area contributed by atoms with E-state index in [9.17, 15) is 4.79 Å². The maximum atomic E-state index is 11.6. The van der Waals surface area contributed by atoms with Crippen LogP contribution >= 0.6 is 0 Å². The molecule has 24 heavy (non-hydrogen) atoms. The van der Waals surface area contributed by atoms with E-state index in [2.05, 4.69) is 27.4 Å². The van der Waals surface area contributed by atoms with Crippen LogP contribution < -0.4 is 0 Å². The lowest BCUT2D eigenvalue weighted by Gasteiger charge is -2.43. The molecule has 1 saturated heterocycles. The topological polar surface area (TPSA) is 44.8 Å². The van der Waals surface area contributed by atoms with Crippen molar-refractivity contribution in [3.8, 4) is 0 Å². The maximum absolute atomic E-state index is 11.6.